The molecule has 1 atom stereocenters. The third-order valence-corrected chi connectivity index (χ3v) is 4.47. The van der Waals surface area contributed by atoms with Crippen LogP contribution < -0.4 is 11.5 Å². The number of fused-ring (bicyclic) bond motifs is 1. The highest BCUT2D eigenvalue weighted by atomic mass is 16.3. The Morgan fingerprint density at radius 2 is 2.19 bits per heavy atom. The van der Waals surface area contributed by atoms with Gasteiger partial charge in [0.15, 0.2) is 17.1 Å². The largest absolute Gasteiger partial charge is 0.463 e. The Labute approximate surface area is 148 Å². The lowest BCUT2D eigenvalue weighted by molar-refractivity contribution is 0.0701. The van der Waals surface area contributed by atoms with E-state index in [0.717, 1.165) is 12.8 Å². The minimum Gasteiger partial charge on any atom is -0.463 e. The number of nitrogens with zero attached hydrogens (tertiary/aromatic N) is 4. The molecule has 1 saturated heterocycles. The Bertz CT molecular complexity index is 978. The molecule has 9 nitrogen and oxygen atoms in total. The molecule has 2 amide bonds. The van der Waals surface area contributed by atoms with Crippen LogP contribution in [0.3, 0.4) is 0 Å². The number of nitrogens with two attached hydrogens (primary N) is 2. The molecule has 4 rings (SSSR count). The summed E-state index contributed by atoms with van der Waals surface area (Å²) in [5.74, 6) is -0.433. The molecule has 1 fully saturated rings. The number of carbonyl (C=O) groups is 2. The van der Waals surface area contributed by atoms with E-state index in [1.54, 1.807) is 23.1 Å². The number of carbonyl (C=O) groups excluding carboxylic acids is 2. The van der Waals surface area contributed by atoms with Crippen molar-refractivity contribution in [3.05, 3.63) is 42.2 Å². The maximum atomic E-state index is 13.1. The van der Waals surface area contributed by atoms with E-state index in [1.165, 1.54) is 17.0 Å². The van der Waals surface area contributed by atoms with Crippen molar-refractivity contribution in [1.82, 2.24) is 19.3 Å². The number of aromatic nitrogens is 3. The van der Waals surface area contributed by atoms with E-state index in [4.69, 9.17) is 15.9 Å². The average molecular weight is 354 g/mol. The molecule has 3 aromatic rings. The summed E-state index contributed by atoms with van der Waals surface area (Å²) in [4.78, 5) is 34.9. The third-order valence-electron chi connectivity index (χ3n) is 4.47. The standard InChI is InChI=1S/C17H18N6O3/c18-10-3-1-5-22(8-10)17(25)12-7-11(13-4-2-6-26-13)21-16-14(15(19)24)20-9-23(12)16/h2,4,6-7,9-10H,1,3,5,8,18H2,(H2,19,24). The molecule has 0 radical (unpaired) electrons. The number of furan rings is 1. The van der Waals surface area contributed by atoms with Gasteiger partial charge in [-0.1, -0.05) is 0 Å². The van der Waals surface area contributed by atoms with Crippen LogP contribution in [0.5, 0.6) is 0 Å². The predicted octanol–water partition coefficient (Wildman–Crippen LogP) is 0.652. The van der Waals surface area contributed by atoms with E-state index < -0.39 is 5.91 Å². The lowest BCUT2D eigenvalue weighted by Gasteiger charge is -2.30. The van der Waals surface area contributed by atoms with Crippen LogP contribution >= 0.6 is 0 Å². The molecule has 0 spiro atoms. The van der Waals surface area contributed by atoms with E-state index in [2.05, 4.69) is 9.97 Å². The molecule has 0 aromatic carbocycles. The number of hydrogen-bond acceptors (Lipinski definition) is 6. The summed E-state index contributed by atoms with van der Waals surface area (Å²) in [5.41, 5.74) is 12.4. The van der Waals surface area contributed by atoms with Crippen LogP contribution in [0.1, 0.15) is 33.8 Å². The first-order chi connectivity index (χ1) is 12.5. The fourth-order valence-corrected chi connectivity index (χ4v) is 3.22. The summed E-state index contributed by atoms with van der Waals surface area (Å²) in [5, 5.41) is 0. The minimum atomic E-state index is -0.713. The molecule has 1 aliphatic rings. The van der Waals surface area contributed by atoms with Crippen LogP contribution in [0, 0.1) is 0 Å². The van der Waals surface area contributed by atoms with Gasteiger partial charge >= 0.3 is 0 Å². The van der Waals surface area contributed by atoms with Crippen molar-refractivity contribution in [2.75, 3.05) is 13.1 Å². The van der Waals surface area contributed by atoms with Crippen molar-refractivity contribution in [1.29, 1.82) is 0 Å². The van der Waals surface area contributed by atoms with Gasteiger partial charge in [-0.25, -0.2) is 9.97 Å². The van der Waals surface area contributed by atoms with Gasteiger partial charge in [-0.15, -0.1) is 0 Å². The second kappa shape index (κ2) is 6.26. The van der Waals surface area contributed by atoms with Crippen LogP contribution in [-0.4, -0.2) is 50.2 Å². The lowest BCUT2D eigenvalue weighted by Crippen LogP contribution is -2.46. The lowest BCUT2D eigenvalue weighted by atomic mass is 10.1. The maximum absolute atomic E-state index is 13.1. The number of piperidine rings is 1. The van der Waals surface area contributed by atoms with Gasteiger partial charge in [-0.05, 0) is 31.0 Å². The molecular weight excluding hydrogens is 336 g/mol. The number of rotatable bonds is 3. The number of amides is 2. The van der Waals surface area contributed by atoms with Gasteiger partial charge in [0.1, 0.15) is 17.7 Å². The molecule has 134 valence electrons. The van der Waals surface area contributed by atoms with E-state index in [-0.39, 0.29) is 23.3 Å². The summed E-state index contributed by atoms with van der Waals surface area (Å²) in [6.07, 6.45) is 4.63. The molecule has 3 aromatic heterocycles. The van der Waals surface area contributed by atoms with Crippen LogP contribution in [0.2, 0.25) is 0 Å². The smallest absolute Gasteiger partial charge is 0.271 e. The van der Waals surface area contributed by atoms with Crippen molar-refractivity contribution in [3.63, 3.8) is 0 Å². The van der Waals surface area contributed by atoms with Gasteiger partial charge in [-0.2, -0.15) is 0 Å². The first kappa shape index (κ1) is 16.3. The van der Waals surface area contributed by atoms with Gasteiger partial charge in [0, 0.05) is 19.1 Å². The predicted molar refractivity (Wildman–Crippen MR) is 92.3 cm³/mol. The van der Waals surface area contributed by atoms with E-state index in [0.29, 0.717) is 30.2 Å². The van der Waals surface area contributed by atoms with Crippen molar-refractivity contribution in [3.8, 4) is 11.5 Å². The number of hydrogen-bond donors (Lipinski definition) is 2. The van der Waals surface area contributed by atoms with Gasteiger partial charge in [0.25, 0.3) is 11.8 Å². The van der Waals surface area contributed by atoms with Gasteiger partial charge in [-0.3, -0.25) is 14.0 Å². The maximum Gasteiger partial charge on any atom is 0.271 e. The number of imidazole rings is 1. The van der Waals surface area contributed by atoms with Crippen molar-refractivity contribution < 1.29 is 14.0 Å². The highest BCUT2D eigenvalue weighted by Crippen LogP contribution is 2.23. The molecule has 4 N–H and O–H groups in total. The summed E-state index contributed by atoms with van der Waals surface area (Å²) in [6, 6.07) is 5.03. The SMILES string of the molecule is NC(=O)c1ncn2c(C(=O)N3CCCC(N)C3)cc(-c3ccco3)nc12. The molecular formula is C17H18N6O3. The van der Waals surface area contributed by atoms with Crippen LogP contribution in [0.25, 0.3) is 17.1 Å². The monoisotopic (exact) mass is 354 g/mol. The van der Waals surface area contributed by atoms with Gasteiger partial charge < -0.3 is 20.8 Å². The average Bonchev–Trinajstić information content (AvgIpc) is 3.29. The summed E-state index contributed by atoms with van der Waals surface area (Å²) in [7, 11) is 0. The molecule has 0 aliphatic carbocycles. The highest BCUT2D eigenvalue weighted by Gasteiger charge is 2.26. The summed E-state index contributed by atoms with van der Waals surface area (Å²) >= 11 is 0. The van der Waals surface area contributed by atoms with Crippen molar-refractivity contribution in [2.24, 2.45) is 11.5 Å². The summed E-state index contributed by atoms with van der Waals surface area (Å²) in [6.45, 7) is 1.11. The third kappa shape index (κ3) is 2.72. The Kier molecular flexibility index (Phi) is 3.92. The molecule has 9 heteroatoms. The zero-order valence-corrected chi connectivity index (χ0v) is 14.0. The zero-order valence-electron chi connectivity index (χ0n) is 14.0. The van der Waals surface area contributed by atoms with Crippen LogP contribution in [0.15, 0.2) is 35.2 Å². The Hall–Kier alpha value is -3.20. The second-order valence-electron chi connectivity index (χ2n) is 6.31. The second-order valence-corrected chi connectivity index (χ2v) is 6.31. The fraction of sp³-hybridized carbons (Fsp3) is 0.294. The Morgan fingerprint density at radius 1 is 1.35 bits per heavy atom. The van der Waals surface area contributed by atoms with Crippen LogP contribution in [0.4, 0.5) is 0 Å². The fourth-order valence-electron chi connectivity index (χ4n) is 3.22. The molecule has 1 unspecified atom stereocenters. The summed E-state index contributed by atoms with van der Waals surface area (Å²) < 4.78 is 6.87. The Balaban J connectivity index is 1.87. The minimum absolute atomic E-state index is 0.00259. The molecule has 4 heterocycles. The molecule has 0 saturated carbocycles. The van der Waals surface area contributed by atoms with E-state index in [1.807, 2.05) is 0 Å². The van der Waals surface area contributed by atoms with E-state index >= 15 is 0 Å². The normalized spacial score (nSPS) is 17.6. The zero-order chi connectivity index (χ0) is 18.3. The first-order valence-corrected chi connectivity index (χ1v) is 8.31. The molecule has 0 bridgehead atoms. The van der Waals surface area contributed by atoms with Gasteiger partial charge in [0.2, 0.25) is 0 Å². The number of primary amides is 1. The highest BCUT2D eigenvalue weighted by molar-refractivity contribution is 5.99. The topological polar surface area (TPSA) is 133 Å². The van der Waals surface area contributed by atoms with Crippen LogP contribution in [-0.2, 0) is 0 Å². The quantitative estimate of drug-likeness (QED) is 0.709. The Morgan fingerprint density at radius 3 is 2.88 bits per heavy atom. The van der Waals surface area contributed by atoms with Crippen molar-refractivity contribution in [2.45, 2.75) is 18.9 Å². The molecule has 1 aliphatic heterocycles. The molecule has 26 heavy (non-hydrogen) atoms. The first-order valence-electron chi connectivity index (χ1n) is 8.31. The number of likely N-dealkylation sites (tertiary alicyclic amines) is 1. The van der Waals surface area contributed by atoms with Crippen molar-refractivity contribution >= 4 is 17.5 Å². The van der Waals surface area contributed by atoms with E-state index in [9.17, 15) is 9.59 Å². The van der Waals surface area contributed by atoms with Gasteiger partial charge in [0.05, 0.1) is 6.26 Å².